The van der Waals surface area contributed by atoms with E-state index < -0.39 is 0 Å². The number of hydrogen-bond donors (Lipinski definition) is 1. The predicted molar refractivity (Wildman–Crippen MR) is 90.4 cm³/mol. The fraction of sp³-hybridized carbons (Fsp3) is 0.0588. The highest BCUT2D eigenvalue weighted by molar-refractivity contribution is 9.10. The Morgan fingerprint density at radius 2 is 1.70 bits per heavy atom. The van der Waals surface area contributed by atoms with Crippen LogP contribution in [0.15, 0.2) is 65.1 Å². The van der Waals surface area contributed by atoms with Gasteiger partial charge in [-0.2, -0.15) is 0 Å². The molecule has 0 radical (unpaired) electrons. The second-order valence-corrected chi connectivity index (χ2v) is 5.93. The maximum Gasteiger partial charge on any atom is 0.0551 e. The summed E-state index contributed by atoms with van der Waals surface area (Å²) >= 11 is 9.50. The molecule has 1 nitrogen and oxygen atoms in total. The molecular weight excluding hydrogens is 334 g/mol. The lowest BCUT2D eigenvalue weighted by Gasteiger charge is -2.08. The molecule has 20 heavy (non-hydrogen) atoms. The summed E-state index contributed by atoms with van der Waals surface area (Å²) in [5, 5.41) is 6.66. The maximum absolute atomic E-state index is 6.10. The molecule has 0 aliphatic rings. The van der Waals surface area contributed by atoms with E-state index in [9.17, 15) is 0 Å². The molecule has 0 heterocycles. The van der Waals surface area contributed by atoms with E-state index >= 15 is 0 Å². The van der Waals surface area contributed by atoms with Crippen LogP contribution in [0.1, 0.15) is 5.56 Å². The summed E-state index contributed by atoms with van der Waals surface area (Å²) < 4.78 is 0.925. The fourth-order valence-corrected chi connectivity index (χ4v) is 2.60. The van der Waals surface area contributed by atoms with E-state index in [1.54, 1.807) is 0 Å². The van der Waals surface area contributed by atoms with Gasteiger partial charge in [0, 0.05) is 16.7 Å². The van der Waals surface area contributed by atoms with Crippen molar-refractivity contribution in [2.75, 3.05) is 5.32 Å². The van der Waals surface area contributed by atoms with Gasteiger partial charge in [0.15, 0.2) is 0 Å². The Labute approximate surface area is 131 Å². The van der Waals surface area contributed by atoms with Crippen molar-refractivity contribution in [1.29, 1.82) is 0 Å². The molecule has 0 spiro atoms. The number of fused-ring (bicyclic) bond motifs is 1. The fourth-order valence-electron chi connectivity index (χ4n) is 2.15. The van der Waals surface area contributed by atoms with E-state index in [4.69, 9.17) is 11.6 Å². The average Bonchev–Trinajstić information content (AvgIpc) is 2.48. The van der Waals surface area contributed by atoms with Crippen LogP contribution in [0.25, 0.3) is 10.8 Å². The summed E-state index contributed by atoms with van der Waals surface area (Å²) in [5.41, 5.74) is 2.27. The first kappa shape index (κ1) is 13.5. The topological polar surface area (TPSA) is 12.0 Å². The van der Waals surface area contributed by atoms with Crippen molar-refractivity contribution in [3.05, 3.63) is 75.7 Å². The van der Waals surface area contributed by atoms with Gasteiger partial charge in [-0.25, -0.2) is 0 Å². The molecule has 0 bridgehead atoms. The summed E-state index contributed by atoms with van der Waals surface area (Å²) in [6.07, 6.45) is 0. The number of halogens is 2. The van der Waals surface area contributed by atoms with Crippen LogP contribution >= 0.6 is 27.5 Å². The molecule has 3 aromatic carbocycles. The van der Waals surface area contributed by atoms with Crippen LogP contribution < -0.4 is 5.32 Å². The molecule has 0 aromatic heterocycles. The smallest absolute Gasteiger partial charge is 0.0551 e. The van der Waals surface area contributed by atoms with Crippen molar-refractivity contribution >= 4 is 44.0 Å². The molecule has 0 amide bonds. The van der Waals surface area contributed by atoms with Crippen molar-refractivity contribution in [1.82, 2.24) is 0 Å². The van der Waals surface area contributed by atoms with Gasteiger partial charge in [0.1, 0.15) is 0 Å². The minimum Gasteiger partial charge on any atom is -0.381 e. The van der Waals surface area contributed by atoms with Crippen LogP contribution in [0.3, 0.4) is 0 Å². The first-order valence-corrected chi connectivity index (χ1v) is 7.56. The van der Waals surface area contributed by atoms with Gasteiger partial charge in [-0.3, -0.25) is 0 Å². The molecule has 0 unspecified atom stereocenters. The largest absolute Gasteiger partial charge is 0.381 e. The van der Waals surface area contributed by atoms with Gasteiger partial charge in [0.25, 0.3) is 0 Å². The summed E-state index contributed by atoms with van der Waals surface area (Å²) in [6.45, 7) is 0.755. The molecule has 0 atom stereocenters. The minimum atomic E-state index is 0.739. The van der Waals surface area contributed by atoms with Gasteiger partial charge in [0.2, 0.25) is 0 Å². The first-order chi connectivity index (χ1) is 9.72. The Kier molecular flexibility index (Phi) is 3.95. The maximum atomic E-state index is 6.10. The third-order valence-corrected chi connectivity index (χ3v) is 4.46. The van der Waals surface area contributed by atoms with E-state index in [1.807, 2.05) is 12.1 Å². The highest BCUT2D eigenvalue weighted by Gasteiger charge is 2.00. The molecule has 3 heteroatoms. The lowest BCUT2D eigenvalue weighted by Crippen LogP contribution is -1.99. The summed E-state index contributed by atoms with van der Waals surface area (Å²) in [7, 11) is 0. The minimum absolute atomic E-state index is 0.739. The Morgan fingerprint density at radius 3 is 2.50 bits per heavy atom. The van der Waals surface area contributed by atoms with Crippen LogP contribution in [0.5, 0.6) is 0 Å². The van der Waals surface area contributed by atoms with Crippen LogP contribution in [0.2, 0.25) is 5.02 Å². The number of hydrogen-bond acceptors (Lipinski definition) is 1. The number of anilines is 1. The van der Waals surface area contributed by atoms with Gasteiger partial charge in [-0.05, 0) is 56.5 Å². The van der Waals surface area contributed by atoms with Crippen molar-refractivity contribution in [2.24, 2.45) is 0 Å². The van der Waals surface area contributed by atoms with E-state index in [0.717, 1.165) is 27.3 Å². The van der Waals surface area contributed by atoms with E-state index in [1.165, 1.54) is 10.8 Å². The third kappa shape index (κ3) is 2.97. The molecule has 0 saturated carbocycles. The first-order valence-electron chi connectivity index (χ1n) is 6.39. The van der Waals surface area contributed by atoms with E-state index in [-0.39, 0.29) is 0 Å². The highest BCUT2D eigenvalue weighted by atomic mass is 79.9. The van der Waals surface area contributed by atoms with Gasteiger partial charge < -0.3 is 5.32 Å². The van der Waals surface area contributed by atoms with Crippen molar-refractivity contribution in [2.45, 2.75) is 6.54 Å². The second-order valence-electron chi connectivity index (χ2n) is 4.66. The monoisotopic (exact) mass is 345 g/mol. The van der Waals surface area contributed by atoms with E-state index in [2.05, 4.69) is 69.8 Å². The normalized spacial score (nSPS) is 10.7. The molecule has 1 N–H and O–H groups in total. The Balaban J connectivity index is 1.77. The standard InChI is InChI=1S/C17H13BrClN/c18-16-8-5-12(9-17(16)19)11-20-15-7-6-13-3-1-2-4-14(13)10-15/h1-10,20H,11H2. The van der Waals surface area contributed by atoms with Crippen LogP contribution in [-0.4, -0.2) is 0 Å². The SMILES string of the molecule is Clc1cc(CNc2ccc3ccccc3c2)ccc1Br. The molecule has 0 fully saturated rings. The lowest BCUT2D eigenvalue weighted by atomic mass is 10.1. The number of rotatable bonds is 3. The Bertz CT molecular complexity index is 755. The van der Waals surface area contributed by atoms with Gasteiger partial charge in [0.05, 0.1) is 5.02 Å². The quantitative estimate of drug-likeness (QED) is 0.625. The lowest BCUT2D eigenvalue weighted by molar-refractivity contribution is 1.15. The molecule has 0 aliphatic heterocycles. The summed E-state index contributed by atoms with van der Waals surface area (Å²) in [4.78, 5) is 0. The molecule has 0 saturated heterocycles. The Morgan fingerprint density at radius 1 is 0.900 bits per heavy atom. The second kappa shape index (κ2) is 5.86. The van der Waals surface area contributed by atoms with Crippen LogP contribution in [0.4, 0.5) is 5.69 Å². The highest BCUT2D eigenvalue weighted by Crippen LogP contribution is 2.24. The van der Waals surface area contributed by atoms with Gasteiger partial charge in [-0.1, -0.05) is 48.0 Å². The number of benzene rings is 3. The molecule has 3 aromatic rings. The molecule has 0 aliphatic carbocycles. The molecule has 100 valence electrons. The number of nitrogens with one attached hydrogen (secondary N) is 1. The summed E-state index contributed by atoms with van der Waals surface area (Å²) in [5.74, 6) is 0. The summed E-state index contributed by atoms with van der Waals surface area (Å²) in [6, 6.07) is 20.7. The van der Waals surface area contributed by atoms with Gasteiger partial charge >= 0.3 is 0 Å². The predicted octanol–water partition coefficient (Wildman–Crippen LogP) is 5.87. The zero-order valence-corrected chi connectivity index (χ0v) is 13.1. The van der Waals surface area contributed by atoms with E-state index in [0.29, 0.717) is 0 Å². The zero-order chi connectivity index (χ0) is 13.9. The molecular formula is C17H13BrClN. The Hall–Kier alpha value is -1.51. The van der Waals surface area contributed by atoms with Crippen molar-refractivity contribution < 1.29 is 0 Å². The van der Waals surface area contributed by atoms with Crippen molar-refractivity contribution in [3.63, 3.8) is 0 Å². The average molecular weight is 347 g/mol. The third-order valence-electron chi connectivity index (χ3n) is 3.23. The van der Waals surface area contributed by atoms with Gasteiger partial charge in [-0.15, -0.1) is 0 Å². The van der Waals surface area contributed by atoms with Crippen LogP contribution in [-0.2, 0) is 6.54 Å². The zero-order valence-electron chi connectivity index (χ0n) is 10.7. The molecule has 3 rings (SSSR count). The van der Waals surface area contributed by atoms with Crippen LogP contribution in [0, 0.1) is 0 Å². The van der Waals surface area contributed by atoms with Crippen molar-refractivity contribution in [3.8, 4) is 0 Å².